The first-order chi connectivity index (χ1) is 6.68. The summed E-state index contributed by atoms with van der Waals surface area (Å²) in [5, 5.41) is 3.98. The molecule has 0 fully saturated rings. The normalized spacial score (nSPS) is 10.4. The molecule has 0 unspecified atom stereocenters. The van der Waals surface area contributed by atoms with Crippen LogP contribution in [0.2, 0.25) is 0 Å². The van der Waals surface area contributed by atoms with Crippen molar-refractivity contribution < 1.29 is 0 Å². The number of nitrogens with zero attached hydrogens (tertiary/aromatic N) is 4. The van der Waals surface area contributed by atoms with Crippen LogP contribution in [0.1, 0.15) is 5.56 Å². The number of aromatic nitrogens is 4. The SMILES string of the molecule is Cc1c(N)nc(-n2cccn2)nc1N. The highest BCUT2D eigenvalue weighted by atomic mass is 15.3. The molecule has 0 radical (unpaired) electrons. The number of rotatable bonds is 1. The lowest BCUT2D eigenvalue weighted by Crippen LogP contribution is -2.09. The molecule has 0 aliphatic rings. The van der Waals surface area contributed by atoms with E-state index >= 15 is 0 Å². The molecule has 0 saturated carbocycles. The van der Waals surface area contributed by atoms with Crippen LogP contribution in [0, 0.1) is 6.92 Å². The van der Waals surface area contributed by atoms with E-state index in [4.69, 9.17) is 11.5 Å². The first-order valence-electron chi connectivity index (χ1n) is 4.08. The molecule has 0 atom stereocenters. The van der Waals surface area contributed by atoms with Gasteiger partial charge in [-0.1, -0.05) is 0 Å². The zero-order valence-electron chi connectivity index (χ0n) is 7.68. The topological polar surface area (TPSA) is 95.6 Å². The van der Waals surface area contributed by atoms with Gasteiger partial charge in [-0.25, -0.2) is 4.68 Å². The maximum Gasteiger partial charge on any atom is 0.254 e. The Kier molecular flexibility index (Phi) is 1.81. The van der Waals surface area contributed by atoms with Gasteiger partial charge in [-0.05, 0) is 13.0 Å². The van der Waals surface area contributed by atoms with Gasteiger partial charge in [0.25, 0.3) is 5.95 Å². The molecule has 0 bridgehead atoms. The Bertz CT molecular complexity index is 424. The Morgan fingerprint density at radius 3 is 2.36 bits per heavy atom. The van der Waals surface area contributed by atoms with Crippen molar-refractivity contribution in [1.82, 2.24) is 19.7 Å². The fourth-order valence-corrected chi connectivity index (χ4v) is 1.03. The van der Waals surface area contributed by atoms with E-state index in [1.807, 2.05) is 0 Å². The van der Waals surface area contributed by atoms with Crippen molar-refractivity contribution in [3.05, 3.63) is 24.0 Å². The fraction of sp³-hybridized carbons (Fsp3) is 0.125. The Balaban J connectivity index is 2.57. The molecule has 2 rings (SSSR count). The van der Waals surface area contributed by atoms with Gasteiger partial charge >= 0.3 is 0 Å². The van der Waals surface area contributed by atoms with Crippen molar-refractivity contribution in [3.8, 4) is 5.95 Å². The van der Waals surface area contributed by atoms with Gasteiger partial charge in [-0.2, -0.15) is 15.1 Å². The number of nitrogens with two attached hydrogens (primary N) is 2. The summed E-state index contributed by atoms with van der Waals surface area (Å²) in [6.45, 7) is 1.78. The lowest BCUT2D eigenvalue weighted by molar-refractivity contribution is 0.810. The molecule has 0 aliphatic carbocycles. The van der Waals surface area contributed by atoms with E-state index in [2.05, 4.69) is 15.1 Å². The van der Waals surface area contributed by atoms with Crippen LogP contribution in [-0.2, 0) is 0 Å². The third kappa shape index (κ3) is 1.26. The molecule has 6 nitrogen and oxygen atoms in total. The summed E-state index contributed by atoms with van der Waals surface area (Å²) < 4.78 is 1.51. The smallest absolute Gasteiger partial charge is 0.254 e. The number of hydrogen-bond donors (Lipinski definition) is 2. The summed E-state index contributed by atoms with van der Waals surface area (Å²) in [5.74, 6) is 1.14. The minimum absolute atomic E-state index is 0.378. The van der Waals surface area contributed by atoms with E-state index in [0.717, 1.165) is 0 Å². The Morgan fingerprint density at radius 1 is 1.21 bits per heavy atom. The van der Waals surface area contributed by atoms with Crippen LogP contribution in [0.4, 0.5) is 11.6 Å². The fourth-order valence-electron chi connectivity index (χ4n) is 1.03. The van der Waals surface area contributed by atoms with Crippen molar-refractivity contribution >= 4 is 11.6 Å². The van der Waals surface area contributed by atoms with E-state index < -0.39 is 0 Å². The second-order valence-electron chi connectivity index (χ2n) is 2.87. The van der Waals surface area contributed by atoms with Crippen molar-refractivity contribution in [3.63, 3.8) is 0 Å². The van der Waals surface area contributed by atoms with E-state index in [1.54, 1.807) is 25.4 Å². The molecule has 0 aromatic carbocycles. The molecule has 0 spiro atoms. The van der Waals surface area contributed by atoms with Gasteiger partial charge in [0.15, 0.2) is 0 Å². The lowest BCUT2D eigenvalue weighted by atomic mass is 10.3. The summed E-state index contributed by atoms with van der Waals surface area (Å²) in [6, 6.07) is 1.77. The standard InChI is InChI=1S/C8H10N6/c1-5-6(9)12-8(13-7(5)10)14-4-2-3-11-14/h2-4H,1H3,(H4,9,10,12,13). The van der Waals surface area contributed by atoms with Crippen molar-refractivity contribution in [1.29, 1.82) is 0 Å². The molecular formula is C8H10N6. The third-order valence-electron chi connectivity index (χ3n) is 1.92. The van der Waals surface area contributed by atoms with Crippen LogP contribution in [0.3, 0.4) is 0 Å². The highest BCUT2D eigenvalue weighted by Gasteiger charge is 2.06. The molecule has 2 aromatic rings. The van der Waals surface area contributed by atoms with Crippen LogP contribution in [0.5, 0.6) is 0 Å². The van der Waals surface area contributed by atoms with E-state index in [1.165, 1.54) is 4.68 Å². The quantitative estimate of drug-likeness (QED) is 0.666. The van der Waals surface area contributed by atoms with Gasteiger partial charge in [-0.3, -0.25) is 0 Å². The first kappa shape index (κ1) is 8.49. The molecule has 2 aromatic heterocycles. The Labute approximate surface area is 80.6 Å². The van der Waals surface area contributed by atoms with Crippen LogP contribution < -0.4 is 11.5 Å². The van der Waals surface area contributed by atoms with Crippen molar-refractivity contribution in [2.24, 2.45) is 0 Å². The number of hydrogen-bond acceptors (Lipinski definition) is 5. The predicted molar refractivity (Wildman–Crippen MR) is 52.7 cm³/mol. The Morgan fingerprint density at radius 2 is 1.86 bits per heavy atom. The largest absolute Gasteiger partial charge is 0.383 e. The van der Waals surface area contributed by atoms with Gasteiger partial charge in [0.1, 0.15) is 11.6 Å². The predicted octanol–water partition coefficient (Wildman–Crippen LogP) is 0.135. The lowest BCUT2D eigenvalue weighted by Gasteiger charge is -2.05. The summed E-state index contributed by atoms with van der Waals surface area (Å²) in [4.78, 5) is 8.13. The highest BCUT2D eigenvalue weighted by molar-refractivity contribution is 5.53. The minimum Gasteiger partial charge on any atom is -0.383 e. The highest BCUT2D eigenvalue weighted by Crippen LogP contribution is 2.14. The maximum absolute atomic E-state index is 5.66. The molecule has 0 aliphatic heterocycles. The molecule has 0 amide bonds. The van der Waals surface area contributed by atoms with E-state index in [-0.39, 0.29) is 0 Å². The molecule has 72 valence electrons. The summed E-state index contributed by atoms with van der Waals surface area (Å²) in [5.41, 5.74) is 12.0. The van der Waals surface area contributed by atoms with Gasteiger partial charge < -0.3 is 11.5 Å². The zero-order chi connectivity index (χ0) is 10.1. The average molecular weight is 190 g/mol. The van der Waals surface area contributed by atoms with Crippen molar-refractivity contribution in [2.75, 3.05) is 11.5 Å². The summed E-state index contributed by atoms with van der Waals surface area (Å²) >= 11 is 0. The third-order valence-corrected chi connectivity index (χ3v) is 1.92. The molecule has 0 saturated heterocycles. The van der Waals surface area contributed by atoms with Gasteiger partial charge in [0.2, 0.25) is 0 Å². The summed E-state index contributed by atoms with van der Waals surface area (Å²) in [7, 11) is 0. The van der Waals surface area contributed by atoms with Crippen LogP contribution in [0.15, 0.2) is 18.5 Å². The van der Waals surface area contributed by atoms with Crippen LogP contribution >= 0.6 is 0 Å². The van der Waals surface area contributed by atoms with E-state index in [9.17, 15) is 0 Å². The average Bonchev–Trinajstić information content (AvgIpc) is 2.66. The van der Waals surface area contributed by atoms with Gasteiger partial charge in [0.05, 0.1) is 0 Å². The monoisotopic (exact) mass is 190 g/mol. The van der Waals surface area contributed by atoms with Gasteiger partial charge in [-0.15, -0.1) is 0 Å². The molecule has 14 heavy (non-hydrogen) atoms. The second-order valence-corrected chi connectivity index (χ2v) is 2.87. The molecule has 4 N–H and O–H groups in total. The van der Waals surface area contributed by atoms with Crippen molar-refractivity contribution in [2.45, 2.75) is 6.92 Å². The van der Waals surface area contributed by atoms with E-state index in [0.29, 0.717) is 23.1 Å². The molecular weight excluding hydrogens is 180 g/mol. The number of nitrogen functional groups attached to an aromatic ring is 2. The molecule has 2 heterocycles. The van der Waals surface area contributed by atoms with Crippen LogP contribution in [0.25, 0.3) is 5.95 Å². The Hall–Kier alpha value is -2.11. The first-order valence-corrected chi connectivity index (χ1v) is 4.08. The van der Waals surface area contributed by atoms with Crippen LogP contribution in [-0.4, -0.2) is 19.7 Å². The minimum atomic E-state index is 0.378. The zero-order valence-corrected chi connectivity index (χ0v) is 7.68. The van der Waals surface area contributed by atoms with Gasteiger partial charge in [0, 0.05) is 18.0 Å². The maximum atomic E-state index is 5.66. The molecule has 6 heteroatoms. The summed E-state index contributed by atoms with van der Waals surface area (Å²) in [6.07, 6.45) is 3.36. The second kappa shape index (κ2) is 2.99. The number of anilines is 2.